The number of aryl methyl sites for hydroxylation is 1. The average Bonchev–Trinajstić information content (AvgIpc) is 2.56. The molecule has 3 rings (SSSR count). The van der Waals surface area contributed by atoms with Crippen LogP contribution in [0, 0.1) is 6.92 Å². The van der Waals surface area contributed by atoms with E-state index in [0.717, 1.165) is 23.3 Å². The number of benzene rings is 2. The summed E-state index contributed by atoms with van der Waals surface area (Å²) in [6, 6.07) is 11.5. The van der Waals surface area contributed by atoms with Crippen molar-refractivity contribution in [2.24, 2.45) is 0 Å². The zero-order valence-electron chi connectivity index (χ0n) is 14.7. The van der Waals surface area contributed by atoms with E-state index in [9.17, 15) is 4.79 Å². The third-order valence-corrected chi connectivity index (χ3v) is 5.19. The Morgan fingerprint density at radius 2 is 1.88 bits per heavy atom. The second-order valence-corrected chi connectivity index (χ2v) is 7.83. The highest BCUT2D eigenvalue weighted by Crippen LogP contribution is 2.32. The number of hydrogen-bond acceptors (Lipinski definition) is 3. The topological polar surface area (TPSA) is 47.6 Å². The highest BCUT2D eigenvalue weighted by Gasteiger charge is 2.14. The van der Waals surface area contributed by atoms with Crippen molar-refractivity contribution < 1.29 is 14.3 Å². The lowest BCUT2D eigenvalue weighted by Gasteiger charge is -2.18. The Morgan fingerprint density at radius 3 is 2.58 bits per heavy atom. The van der Waals surface area contributed by atoms with Crippen molar-refractivity contribution in [3.8, 4) is 17.2 Å². The predicted octanol–water partition coefficient (Wildman–Crippen LogP) is 5.03. The molecule has 1 heterocycles. The molecule has 0 radical (unpaired) electrons. The van der Waals surface area contributed by atoms with Crippen molar-refractivity contribution >= 4 is 26.2 Å². The Labute approximate surface area is 160 Å². The minimum absolute atomic E-state index is 0.0250. The van der Waals surface area contributed by atoms with Crippen molar-refractivity contribution in [3.05, 3.63) is 64.7 Å². The molecule has 0 aromatic heterocycles. The first-order chi connectivity index (χ1) is 12.5. The van der Waals surface area contributed by atoms with Gasteiger partial charge in [-0.1, -0.05) is 17.7 Å². The maximum Gasteiger partial charge on any atom is 0.246 e. The zero-order chi connectivity index (χ0) is 18.5. The molecule has 6 heteroatoms. The zero-order valence-corrected chi connectivity index (χ0v) is 16.5. The second kappa shape index (κ2) is 8.57. The van der Waals surface area contributed by atoms with E-state index in [1.54, 1.807) is 12.1 Å². The lowest BCUT2D eigenvalue weighted by molar-refractivity contribution is -0.114. The third-order valence-electron chi connectivity index (χ3n) is 3.82. The Bertz CT molecular complexity index is 818. The minimum atomic E-state index is -0.0250. The van der Waals surface area contributed by atoms with Crippen LogP contribution in [0.5, 0.6) is 17.2 Å². The molecule has 0 saturated heterocycles. The maximum atomic E-state index is 11.3. The standard InChI is InChI=1S/C20H21ClNO3P/c1-3-24-16-8-14(10-19-4-5-20(23)22-26-19)9-18(12-16)25-17-7-13(2)6-15(21)11-17/h4-9,11-12,19,26H,3,10H2,1-2H3,(H,22,23). The Hall–Kier alpha value is -2.03. The monoisotopic (exact) mass is 389 g/mol. The van der Waals surface area contributed by atoms with E-state index in [4.69, 9.17) is 21.1 Å². The molecule has 0 fully saturated rings. The van der Waals surface area contributed by atoms with Gasteiger partial charge in [-0.2, -0.15) is 0 Å². The fourth-order valence-corrected chi connectivity index (χ4v) is 4.01. The normalized spacial score (nSPS) is 17.2. The molecule has 0 bridgehead atoms. The van der Waals surface area contributed by atoms with E-state index in [1.807, 2.05) is 50.3 Å². The summed E-state index contributed by atoms with van der Waals surface area (Å²) in [5, 5.41) is 3.53. The first-order valence-corrected chi connectivity index (χ1v) is 9.93. The smallest absolute Gasteiger partial charge is 0.246 e. The van der Waals surface area contributed by atoms with Gasteiger partial charge in [0.1, 0.15) is 17.2 Å². The first kappa shape index (κ1) is 18.8. The summed E-state index contributed by atoms with van der Waals surface area (Å²) in [6.07, 6.45) is 4.37. The lowest BCUT2D eigenvalue weighted by atomic mass is 10.1. The summed E-state index contributed by atoms with van der Waals surface area (Å²) in [7, 11) is 0.378. The van der Waals surface area contributed by atoms with Gasteiger partial charge in [-0.05, 0) is 76.5 Å². The molecule has 2 aromatic rings. The fraction of sp³-hybridized carbons (Fsp3) is 0.250. The number of carbonyl (C=O) groups excluding carboxylic acids is 1. The molecule has 4 nitrogen and oxygen atoms in total. The van der Waals surface area contributed by atoms with Crippen molar-refractivity contribution in [3.63, 3.8) is 0 Å². The van der Waals surface area contributed by atoms with E-state index in [0.29, 0.717) is 31.9 Å². The van der Waals surface area contributed by atoms with Gasteiger partial charge in [0, 0.05) is 16.7 Å². The van der Waals surface area contributed by atoms with Gasteiger partial charge in [0.05, 0.1) is 6.61 Å². The van der Waals surface area contributed by atoms with Gasteiger partial charge < -0.3 is 14.6 Å². The summed E-state index contributed by atoms with van der Waals surface area (Å²) in [5.74, 6) is 2.15. The number of ether oxygens (including phenoxy) is 2. The molecule has 1 amide bonds. The van der Waals surface area contributed by atoms with Crippen LogP contribution in [-0.4, -0.2) is 18.2 Å². The quantitative estimate of drug-likeness (QED) is 0.705. The summed E-state index contributed by atoms with van der Waals surface area (Å²) in [4.78, 5) is 11.3. The first-order valence-electron chi connectivity index (χ1n) is 8.47. The van der Waals surface area contributed by atoms with Gasteiger partial charge in [-0.15, -0.1) is 0 Å². The molecule has 1 aliphatic rings. The van der Waals surface area contributed by atoms with E-state index < -0.39 is 0 Å². The average molecular weight is 390 g/mol. The highest BCUT2D eigenvalue weighted by molar-refractivity contribution is 7.38. The lowest BCUT2D eigenvalue weighted by Crippen LogP contribution is -2.21. The van der Waals surface area contributed by atoms with Crippen LogP contribution in [0.2, 0.25) is 5.02 Å². The molecular weight excluding hydrogens is 369 g/mol. The number of amides is 1. The Morgan fingerprint density at radius 1 is 1.12 bits per heavy atom. The van der Waals surface area contributed by atoms with Crippen LogP contribution in [0.4, 0.5) is 0 Å². The van der Waals surface area contributed by atoms with Crippen molar-refractivity contribution in [2.45, 2.75) is 25.9 Å². The Balaban J connectivity index is 1.83. The van der Waals surface area contributed by atoms with Crippen LogP contribution in [0.3, 0.4) is 0 Å². The fourth-order valence-electron chi connectivity index (χ4n) is 2.79. The molecule has 0 saturated carbocycles. The molecule has 2 aromatic carbocycles. The molecule has 2 unspecified atom stereocenters. The van der Waals surface area contributed by atoms with Crippen molar-refractivity contribution in [2.75, 3.05) is 6.61 Å². The maximum absolute atomic E-state index is 11.3. The number of halogens is 1. The highest BCUT2D eigenvalue weighted by atomic mass is 35.5. The second-order valence-electron chi connectivity index (χ2n) is 6.12. The van der Waals surface area contributed by atoms with E-state index >= 15 is 0 Å². The largest absolute Gasteiger partial charge is 0.494 e. The molecule has 136 valence electrons. The number of nitrogens with one attached hydrogen (secondary N) is 1. The van der Waals surface area contributed by atoms with Gasteiger partial charge in [0.2, 0.25) is 5.91 Å². The van der Waals surface area contributed by atoms with Gasteiger partial charge in [0.15, 0.2) is 0 Å². The van der Waals surface area contributed by atoms with Gasteiger partial charge in [-0.25, -0.2) is 0 Å². The van der Waals surface area contributed by atoms with Crippen LogP contribution < -0.4 is 14.6 Å². The Kier molecular flexibility index (Phi) is 6.18. The number of carbonyl (C=O) groups is 1. The molecule has 1 aliphatic heterocycles. The molecule has 2 atom stereocenters. The van der Waals surface area contributed by atoms with Gasteiger partial charge >= 0.3 is 0 Å². The van der Waals surface area contributed by atoms with E-state index in [2.05, 4.69) is 5.09 Å². The number of rotatable bonds is 6. The predicted molar refractivity (Wildman–Crippen MR) is 107 cm³/mol. The molecule has 0 aliphatic carbocycles. The van der Waals surface area contributed by atoms with Crippen LogP contribution in [0.25, 0.3) is 0 Å². The van der Waals surface area contributed by atoms with Crippen LogP contribution in [-0.2, 0) is 11.2 Å². The van der Waals surface area contributed by atoms with E-state index in [-0.39, 0.29) is 11.6 Å². The summed E-state index contributed by atoms with van der Waals surface area (Å²) in [6.45, 7) is 4.51. The van der Waals surface area contributed by atoms with Crippen LogP contribution in [0.1, 0.15) is 18.1 Å². The summed E-state index contributed by atoms with van der Waals surface area (Å²) < 4.78 is 11.7. The summed E-state index contributed by atoms with van der Waals surface area (Å²) >= 11 is 6.12. The van der Waals surface area contributed by atoms with Crippen molar-refractivity contribution in [1.82, 2.24) is 5.09 Å². The van der Waals surface area contributed by atoms with Gasteiger partial charge in [0.25, 0.3) is 0 Å². The van der Waals surface area contributed by atoms with E-state index in [1.165, 1.54) is 0 Å². The van der Waals surface area contributed by atoms with Crippen LogP contribution in [0.15, 0.2) is 48.6 Å². The summed E-state index contributed by atoms with van der Waals surface area (Å²) in [5.41, 5.74) is 2.42. The third kappa shape index (κ3) is 5.23. The number of hydrogen-bond donors (Lipinski definition) is 1. The minimum Gasteiger partial charge on any atom is -0.494 e. The molecular formula is C20H21ClNO3P. The SMILES string of the molecule is CCOc1cc(CC2C=CC(=O)NP2)cc(Oc2cc(C)cc(Cl)c2)c1. The van der Waals surface area contributed by atoms with Gasteiger partial charge in [-0.3, -0.25) is 4.79 Å². The number of allylic oxidation sites excluding steroid dienone is 1. The molecule has 1 N–H and O–H groups in total. The van der Waals surface area contributed by atoms with Crippen molar-refractivity contribution in [1.29, 1.82) is 0 Å². The molecule has 26 heavy (non-hydrogen) atoms. The molecule has 0 spiro atoms. The van der Waals surface area contributed by atoms with Crippen LogP contribution >= 0.6 is 20.3 Å².